The summed E-state index contributed by atoms with van der Waals surface area (Å²) in [6, 6.07) is 6.38. The fourth-order valence-electron chi connectivity index (χ4n) is 3.43. The van der Waals surface area contributed by atoms with Gasteiger partial charge in [0, 0.05) is 13.1 Å². The van der Waals surface area contributed by atoms with E-state index >= 15 is 0 Å². The van der Waals surface area contributed by atoms with Crippen molar-refractivity contribution >= 4 is 11.4 Å². The molecule has 118 valence electrons. The maximum absolute atomic E-state index is 6.19. The highest BCUT2D eigenvalue weighted by molar-refractivity contribution is 5.72. The Kier molecular flexibility index (Phi) is 6.91. The third kappa shape index (κ3) is 4.94. The molecule has 1 heterocycles. The number of benzene rings is 1. The first-order chi connectivity index (χ1) is 10.3. The lowest BCUT2D eigenvalue weighted by molar-refractivity contribution is 0.566. The highest BCUT2D eigenvalue weighted by Crippen LogP contribution is 2.32. The first-order valence-electron chi connectivity index (χ1n) is 8.95. The number of rotatable bonds is 9. The van der Waals surface area contributed by atoms with Crippen LogP contribution >= 0.6 is 0 Å². The summed E-state index contributed by atoms with van der Waals surface area (Å²) < 4.78 is 0. The Morgan fingerprint density at radius 2 is 1.71 bits per heavy atom. The number of hydrogen-bond donors (Lipinski definition) is 1. The monoisotopic (exact) mass is 288 g/mol. The highest BCUT2D eigenvalue weighted by Gasteiger charge is 2.18. The molecule has 0 amide bonds. The van der Waals surface area contributed by atoms with Gasteiger partial charge in [-0.3, -0.25) is 0 Å². The summed E-state index contributed by atoms with van der Waals surface area (Å²) in [5.74, 6) is 0. The summed E-state index contributed by atoms with van der Waals surface area (Å²) in [6.45, 7) is 4.63. The van der Waals surface area contributed by atoms with E-state index in [0.717, 1.165) is 5.69 Å². The fraction of sp³-hybridized carbons (Fsp3) is 0.684. The number of hydrogen-bond acceptors (Lipinski definition) is 2. The third-order valence-corrected chi connectivity index (χ3v) is 4.62. The van der Waals surface area contributed by atoms with E-state index in [0.29, 0.717) is 0 Å². The molecular weight excluding hydrogens is 256 g/mol. The number of fused-ring (bicyclic) bond motifs is 1. The normalized spacial score (nSPS) is 14.2. The van der Waals surface area contributed by atoms with Gasteiger partial charge < -0.3 is 10.6 Å². The van der Waals surface area contributed by atoms with Gasteiger partial charge in [-0.1, -0.05) is 64.0 Å². The molecular formula is C19H32N2. The molecule has 0 radical (unpaired) electrons. The van der Waals surface area contributed by atoms with Crippen molar-refractivity contribution in [2.75, 3.05) is 23.7 Å². The van der Waals surface area contributed by atoms with Crippen LogP contribution in [0.4, 0.5) is 11.4 Å². The minimum absolute atomic E-state index is 0.965. The van der Waals surface area contributed by atoms with Crippen molar-refractivity contribution in [3.8, 4) is 0 Å². The predicted octanol–water partition coefficient (Wildman–Crippen LogP) is 5.16. The van der Waals surface area contributed by atoms with Crippen LogP contribution in [0, 0.1) is 0 Å². The minimum atomic E-state index is 0.965. The second kappa shape index (κ2) is 8.96. The molecule has 1 aliphatic rings. The number of anilines is 2. The maximum Gasteiger partial charge on any atom is 0.0632 e. The highest BCUT2D eigenvalue weighted by atomic mass is 15.1. The van der Waals surface area contributed by atoms with Gasteiger partial charge in [-0.05, 0) is 30.9 Å². The molecule has 1 aromatic rings. The van der Waals surface area contributed by atoms with Gasteiger partial charge in [0.1, 0.15) is 0 Å². The zero-order valence-corrected chi connectivity index (χ0v) is 13.7. The Morgan fingerprint density at radius 1 is 1.00 bits per heavy atom. The van der Waals surface area contributed by atoms with Crippen molar-refractivity contribution in [1.82, 2.24) is 0 Å². The van der Waals surface area contributed by atoms with Crippen LogP contribution in [0.15, 0.2) is 18.2 Å². The smallest absolute Gasteiger partial charge is 0.0632 e. The van der Waals surface area contributed by atoms with Crippen LogP contribution in [0.1, 0.15) is 70.3 Å². The third-order valence-electron chi connectivity index (χ3n) is 4.62. The molecule has 0 atom stereocenters. The Bertz CT molecular complexity index is 414. The molecule has 2 rings (SSSR count). The number of nitrogen functional groups attached to an aromatic ring is 1. The van der Waals surface area contributed by atoms with Gasteiger partial charge in [0.15, 0.2) is 0 Å². The molecule has 0 fully saturated rings. The van der Waals surface area contributed by atoms with Gasteiger partial charge in [0.05, 0.1) is 11.4 Å². The van der Waals surface area contributed by atoms with E-state index in [-0.39, 0.29) is 0 Å². The zero-order chi connectivity index (χ0) is 14.9. The number of aryl methyl sites for hydroxylation is 1. The molecule has 21 heavy (non-hydrogen) atoms. The SMILES string of the molecule is CCCCCCCCCCN1CCCc2cccc(N)c21. The standard InChI is InChI=1S/C19H32N2/c1-2-3-4-5-6-7-8-9-15-21-16-11-13-17-12-10-14-18(20)19(17)21/h10,12,14H,2-9,11,13,15-16,20H2,1H3. The van der Waals surface area contributed by atoms with Crippen molar-refractivity contribution < 1.29 is 0 Å². The van der Waals surface area contributed by atoms with Crippen molar-refractivity contribution in [1.29, 1.82) is 0 Å². The molecule has 0 aliphatic carbocycles. The van der Waals surface area contributed by atoms with Crippen LogP contribution in [0.5, 0.6) is 0 Å². The average Bonchev–Trinajstić information content (AvgIpc) is 2.50. The molecule has 0 saturated heterocycles. The van der Waals surface area contributed by atoms with Gasteiger partial charge in [0.2, 0.25) is 0 Å². The number of nitrogens with zero attached hydrogens (tertiary/aromatic N) is 1. The molecule has 0 bridgehead atoms. The lowest BCUT2D eigenvalue weighted by atomic mass is 10.00. The second-order valence-electron chi connectivity index (χ2n) is 6.42. The van der Waals surface area contributed by atoms with Crippen LogP contribution in [0.3, 0.4) is 0 Å². The molecule has 2 heteroatoms. The van der Waals surface area contributed by atoms with Crippen molar-refractivity contribution in [2.24, 2.45) is 0 Å². The van der Waals surface area contributed by atoms with Crippen LogP contribution < -0.4 is 10.6 Å². The van der Waals surface area contributed by atoms with E-state index in [2.05, 4.69) is 24.0 Å². The Balaban J connectivity index is 1.68. The average molecular weight is 288 g/mol. The largest absolute Gasteiger partial charge is 0.397 e. The molecule has 0 saturated carbocycles. The van der Waals surface area contributed by atoms with Gasteiger partial charge in [-0.2, -0.15) is 0 Å². The molecule has 0 aromatic heterocycles. The van der Waals surface area contributed by atoms with Crippen molar-refractivity contribution in [2.45, 2.75) is 71.1 Å². The topological polar surface area (TPSA) is 29.3 Å². The molecule has 2 N–H and O–H groups in total. The maximum atomic E-state index is 6.19. The summed E-state index contributed by atoms with van der Waals surface area (Å²) in [5, 5.41) is 0. The van der Waals surface area contributed by atoms with Crippen LogP contribution in [-0.4, -0.2) is 13.1 Å². The Hall–Kier alpha value is -1.18. The molecule has 1 aliphatic heterocycles. The number of para-hydroxylation sites is 1. The Morgan fingerprint density at radius 3 is 2.48 bits per heavy atom. The molecule has 0 unspecified atom stereocenters. The second-order valence-corrected chi connectivity index (χ2v) is 6.42. The van der Waals surface area contributed by atoms with E-state index in [9.17, 15) is 0 Å². The van der Waals surface area contributed by atoms with Crippen LogP contribution in [0.2, 0.25) is 0 Å². The lowest BCUT2D eigenvalue weighted by Gasteiger charge is -2.32. The van der Waals surface area contributed by atoms with E-state index in [1.807, 2.05) is 6.07 Å². The van der Waals surface area contributed by atoms with Crippen LogP contribution in [0.25, 0.3) is 0 Å². The fourth-order valence-corrected chi connectivity index (χ4v) is 3.43. The summed E-state index contributed by atoms with van der Waals surface area (Å²) in [6.07, 6.45) is 13.5. The zero-order valence-electron chi connectivity index (χ0n) is 13.7. The van der Waals surface area contributed by atoms with Gasteiger partial charge in [-0.25, -0.2) is 0 Å². The van der Waals surface area contributed by atoms with Crippen molar-refractivity contribution in [3.05, 3.63) is 23.8 Å². The summed E-state index contributed by atoms with van der Waals surface area (Å²) in [4.78, 5) is 2.52. The first kappa shape index (κ1) is 16.2. The van der Waals surface area contributed by atoms with E-state index in [1.165, 1.54) is 88.5 Å². The van der Waals surface area contributed by atoms with Crippen LogP contribution in [-0.2, 0) is 6.42 Å². The summed E-state index contributed by atoms with van der Waals surface area (Å²) in [5.41, 5.74) is 9.92. The molecule has 1 aromatic carbocycles. The Labute approximate surface area is 130 Å². The quantitative estimate of drug-likeness (QED) is 0.502. The molecule has 2 nitrogen and oxygen atoms in total. The number of nitrogens with two attached hydrogens (primary N) is 1. The number of unbranched alkanes of at least 4 members (excludes halogenated alkanes) is 7. The molecule has 0 spiro atoms. The predicted molar refractivity (Wildman–Crippen MR) is 94.0 cm³/mol. The minimum Gasteiger partial charge on any atom is -0.397 e. The van der Waals surface area contributed by atoms with Gasteiger partial charge >= 0.3 is 0 Å². The van der Waals surface area contributed by atoms with Gasteiger partial charge in [-0.15, -0.1) is 0 Å². The first-order valence-corrected chi connectivity index (χ1v) is 8.95. The van der Waals surface area contributed by atoms with Crippen molar-refractivity contribution in [3.63, 3.8) is 0 Å². The van der Waals surface area contributed by atoms with Gasteiger partial charge in [0.25, 0.3) is 0 Å². The summed E-state index contributed by atoms with van der Waals surface area (Å²) >= 11 is 0. The van der Waals surface area contributed by atoms with E-state index in [1.54, 1.807) is 0 Å². The summed E-state index contributed by atoms with van der Waals surface area (Å²) in [7, 11) is 0. The van der Waals surface area contributed by atoms with E-state index < -0.39 is 0 Å². The van der Waals surface area contributed by atoms with E-state index in [4.69, 9.17) is 5.73 Å². The lowest BCUT2D eigenvalue weighted by Crippen LogP contribution is -2.31.